The molecule has 0 spiro atoms. The lowest BCUT2D eigenvalue weighted by Crippen LogP contribution is -2.29. The van der Waals surface area contributed by atoms with Gasteiger partial charge in [-0.1, -0.05) is 6.92 Å². The Kier molecular flexibility index (Phi) is 3.85. The van der Waals surface area contributed by atoms with E-state index in [1.54, 1.807) is 17.9 Å². The Morgan fingerprint density at radius 3 is 2.80 bits per heavy atom. The Morgan fingerprint density at radius 2 is 2.40 bits per heavy atom. The van der Waals surface area contributed by atoms with Crippen LogP contribution in [0.25, 0.3) is 0 Å². The van der Waals surface area contributed by atoms with Gasteiger partial charge in [-0.3, -0.25) is 9.48 Å². The van der Waals surface area contributed by atoms with Crippen LogP contribution in [-0.4, -0.2) is 27.4 Å². The normalized spacial score (nSPS) is 12.7. The highest BCUT2D eigenvalue weighted by Crippen LogP contribution is 2.16. The van der Waals surface area contributed by atoms with Crippen LogP contribution in [0.4, 0.5) is 0 Å². The summed E-state index contributed by atoms with van der Waals surface area (Å²) >= 11 is 0. The average Bonchev–Trinajstić information content (AvgIpc) is 2.50. The molecule has 15 heavy (non-hydrogen) atoms. The van der Waals surface area contributed by atoms with Gasteiger partial charge >= 0.3 is 5.97 Å². The summed E-state index contributed by atoms with van der Waals surface area (Å²) in [6.45, 7) is 4.55. The first-order valence-electron chi connectivity index (χ1n) is 5.02. The van der Waals surface area contributed by atoms with E-state index in [-0.39, 0.29) is 0 Å². The van der Waals surface area contributed by atoms with Crippen molar-refractivity contribution in [2.45, 2.75) is 26.3 Å². The first kappa shape index (κ1) is 11.7. The zero-order valence-electron chi connectivity index (χ0n) is 9.32. The highest BCUT2D eigenvalue weighted by Gasteiger charge is 2.22. The molecule has 2 N–H and O–H groups in total. The maximum Gasteiger partial charge on any atom is 0.325 e. The van der Waals surface area contributed by atoms with E-state index in [4.69, 9.17) is 5.11 Å². The minimum Gasteiger partial charge on any atom is -0.480 e. The van der Waals surface area contributed by atoms with Crippen LogP contribution in [0, 0.1) is 6.92 Å². The second-order valence-electron chi connectivity index (χ2n) is 3.53. The summed E-state index contributed by atoms with van der Waals surface area (Å²) in [5, 5.41) is 16.1. The molecule has 0 aliphatic rings. The lowest BCUT2D eigenvalue weighted by atomic mass is 10.1. The Labute approximate surface area is 89.1 Å². The molecule has 0 bridgehead atoms. The molecule has 5 heteroatoms. The molecule has 0 amide bonds. The summed E-state index contributed by atoms with van der Waals surface area (Å²) in [4.78, 5) is 11.1. The number of aromatic nitrogens is 2. The SMILES string of the molecule is CCCNC(C(=O)O)c1cnn(C)c1C. The Hall–Kier alpha value is -1.36. The molecule has 0 radical (unpaired) electrons. The fourth-order valence-electron chi connectivity index (χ4n) is 1.42. The number of hydrogen-bond acceptors (Lipinski definition) is 3. The summed E-state index contributed by atoms with van der Waals surface area (Å²) in [7, 11) is 1.80. The van der Waals surface area contributed by atoms with Crippen LogP contribution in [0.5, 0.6) is 0 Å². The smallest absolute Gasteiger partial charge is 0.325 e. The molecule has 0 saturated carbocycles. The predicted molar refractivity (Wildman–Crippen MR) is 56.6 cm³/mol. The predicted octanol–water partition coefficient (Wildman–Crippen LogP) is 0.854. The highest BCUT2D eigenvalue weighted by atomic mass is 16.4. The quantitative estimate of drug-likeness (QED) is 0.757. The first-order chi connectivity index (χ1) is 7.07. The monoisotopic (exact) mass is 211 g/mol. The minimum absolute atomic E-state index is 0.654. The minimum atomic E-state index is -0.862. The molecular formula is C10H17N3O2. The molecule has 0 saturated heterocycles. The third-order valence-electron chi connectivity index (χ3n) is 2.43. The van der Waals surface area contributed by atoms with E-state index in [9.17, 15) is 4.79 Å². The lowest BCUT2D eigenvalue weighted by Gasteiger charge is -2.13. The molecule has 0 fully saturated rings. The van der Waals surface area contributed by atoms with E-state index < -0.39 is 12.0 Å². The van der Waals surface area contributed by atoms with Gasteiger partial charge in [-0.2, -0.15) is 5.10 Å². The fourth-order valence-corrected chi connectivity index (χ4v) is 1.42. The van der Waals surface area contributed by atoms with Gasteiger partial charge in [0, 0.05) is 18.3 Å². The third-order valence-corrected chi connectivity index (χ3v) is 2.43. The van der Waals surface area contributed by atoms with Gasteiger partial charge in [0.25, 0.3) is 0 Å². The molecule has 1 heterocycles. The van der Waals surface area contributed by atoms with Crippen LogP contribution in [-0.2, 0) is 11.8 Å². The topological polar surface area (TPSA) is 67.2 Å². The van der Waals surface area contributed by atoms with Crippen LogP contribution in [0.1, 0.15) is 30.6 Å². The van der Waals surface area contributed by atoms with Crippen molar-refractivity contribution in [3.05, 3.63) is 17.5 Å². The molecule has 1 aromatic heterocycles. The van der Waals surface area contributed by atoms with Crippen LogP contribution in [0.2, 0.25) is 0 Å². The second-order valence-corrected chi connectivity index (χ2v) is 3.53. The maximum absolute atomic E-state index is 11.1. The van der Waals surface area contributed by atoms with Crippen molar-refractivity contribution in [3.8, 4) is 0 Å². The zero-order chi connectivity index (χ0) is 11.4. The number of hydrogen-bond donors (Lipinski definition) is 2. The molecule has 1 aromatic rings. The fraction of sp³-hybridized carbons (Fsp3) is 0.600. The summed E-state index contributed by atoms with van der Waals surface area (Å²) in [6.07, 6.45) is 2.51. The maximum atomic E-state index is 11.1. The number of carboxylic acids is 1. The van der Waals surface area contributed by atoms with Gasteiger partial charge in [0.15, 0.2) is 0 Å². The molecule has 0 aliphatic heterocycles. The second kappa shape index (κ2) is 4.93. The summed E-state index contributed by atoms with van der Waals surface area (Å²) in [6, 6.07) is -0.654. The van der Waals surface area contributed by atoms with Gasteiger partial charge in [0.2, 0.25) is 0 Å². The van der Waals surface area contributed by atoms with Crippen LogP contribution >= 0.6 is 0 Å². The molecule has 0 aliphatic carbocycles. The van der Waals surface area contributed by atoms with Gasteiger partial charge in [0.05, 0.1) is 6.20 Å². The molecule has 1 rings (SSSR count). The standard InChI is InChI=1S/C10H17N3O2/c1-4-5-11-9(10(14)15)8-6-12-13(3)7(8)2/h6,9,11H,4-5H2,1-3H3,(H,14,15). The van der Waals surface area contributed by atoms with Crippen molar-refractivity contribution < 1.29 is 9.90 Å². The number of carboxylic acid groups (broad SMARTS) is 1. The first-order valence-corrected chi connectivity index (χ1v) is 5.02. The van der Waals surface area contributed by atoms with Crippen molar-refractivity contribution in [2.24, 2.45) is 7.05 Å². The third kappa shape index (κ3) is 2.56. The van der Waals surface area contributed by atoms with E-state index in [0.29, 0.717) is 6.54 Å². The highest BCUT2D eigenvalue weighted by molar-refractivity contribution is 5.75. The van der Waals surface area contributed by atoms with E-state index in [1.807, 2.05) is 13.8 Å². The van der Waals surface area contributed by atoms with E-state index in [2.05, 4.69) is 10.4 Å². The van der Waals surface area contributed by atoms with Crippen molar-refractivity contribution >= 4 is 5.97 Å². The van der Waals surface area contributed by atoms with Crippen molar-refractivity contribution in [3.63, 3.8) is 0 Å². The van der Waals surface area contributed by atoms with Crippen LogP contribution in [0.3, 0.4) is 0 Å². The summed E-state index contributed by atoms with van der Waals surface area (Å²) < 4.78 is 1.68. The number of aryl methyl sites for hydroxylation is 1. The lowest BCUT2D eigenvalue weighted by molar-refractivity contribution is -0.139. The van der Waals surface area contributed by atoms with Crippen molar-refractivity contribution in [2.75, 3.05) is 6.54 Å². The Morgan fingerprint density at radius 1 is 1.73 bits per heavy atom. The number of nitrogens with one attached hydrogen (secondary N) is 1. The van der Waals surface area contributed by atoms with Crippen LogP contribution < -0.4 is 5.32 Å². The molecule has 84 valence electrons. The van der Waals surface area contributed by atoms with Gasteiger partial charge in [-0.15, -0.1) is 0 Å². The molecule has 1 unspecified atom stereocenters. The van der Waals surface area contributed by atoms with E-state index in [1.165, 1.54) is 0 Å². The van der Waals surface area contributed by atoms with Gasteiger partial charge < -0.3 is 10.4 Å². The van der Waals surface area contributed by atoms with Crippen molar-refractivity contribution in [1.29, 1.82) is 0 Å². The van der Waals surface area contributed by atoms with Gasteiger partial charge in [-0.25, -0.2) is 0 Å². The van der Waals surface area contributed by atoms with E-state index >= 15 is 0 Å². The van der Waals surface area contributed by atoms with Gasteiger partial charge in [-0.05, 0) is 19.9 Å². The van der Waals surface area contributed by atoms with Crippen molar-refractivity contribution in [1.82, 2.24) is 15.1 Å². The van der Waals surface area contributed by atoms with Crippen LogP contribution in [0.15, 0.2) is 6.20 Å². The molecule has 0 aromatic carbocycles. The zero-order valence-corrected chi connectivity index (χ0v) is 9.32. The summed E-state index contributed by atoms with van der Waals surface area (Å²) in [5.41, 5.74) is 1.62. The number of aliphatic carboxylic acids is 1. The van der Waals surface area contributed by atoms with E-state index in [0.717, 1.165) is 17.7 Å². The van der Waals surface area contributed by atoms with Gasteiger partial charge in [0.1, 0.15) is 6.04 Å². The Bertz CT molecular complexity index is 346. The Balaban J connectivity index is 2.89. The number of carbonyl (C=O) groups is 1. The summed E-state index contributed by atoms with van der Waals surface area (Å²) in [5.74, 6) is -0.862. The molecular weight excluding hydrogens is 194 g/mol. The number of nitrogens with zero attached hydrogens (tertiary/aromatic N) is 2. The largest absolute Gasteiger partial charge is 0.480 e. The molecule has 1 atom stereocenters. The number of rotatable bonds is 5. The molecule has 5 nitrogen and oxygen atoms in total. The average molecular weight is 211 g/mol.